The van der Waals surface area contributed by atoms with E-state index in [2.05, 4.69) is 5.32 Å². The molecule has 2 amide bonds. The monoisotopic (exact) mass is 671 g/mol. The Kier molecular flexibility index (Phi) is 12.8. The highest BCUT2D eigenvalue weighted by molar-refractivity contribution is 7.91. The number of benzene rings is 2. The van der Waals surface area contributed by atoms with Crippen LogP contribution in [0.2, 0.25) is 0 Å². The van der Waals surface area contributed by atoms with Gasteiger partial charge in [-0.05, 0) is 68.3 Å². The van der Waals surface area contributed by atoms with E-state index < -0.39 is 22.2 Å². The highest BCUT2D eigenvalue weighted by atomic mass is 32.2. The molecule has 0 saturated heterocycles. The summed E-state index contributed by atoms with van der Waals surface area (Å²) >= 11 is 1.16. The first-order valence-electron chi connectivity index (χ1n) is 15.7. The number of hydrogen-bond donors (Lipinski definition) is 2. The van der Waals surface area contributed by atoms with E-state index in [0.29, 0.717) is 18.0 Å². The number of carbonyl (C=O) groups is 2. The molecular weight excluding hydrogens is 627 g/mol. The molecule has 0 radical (unpaired) electrons. The zero-order valence-corrected chi connectivity index (χ0v) is 28.6. The molecule has 46 heavy (non-hydrogen) atoms. The maximum absolute atomic E-state index is 14.3. The number of ether oxygens (including phenoxy) is 2. The predicted octanol–water partition coefficient (Wildman–Crippen LogP) is 5.05. The second-order valence-electron chi connectivity index (χ2n) is 11.9. The molecule has 10 nitrogen and oxygen atoms in total. The van der Waals surface area contributed by atoms with Gasteiger partial charge in [0.1, 0.15) is 9.96 Å². The highest BCUT2D eigenvalue weighted by Gasteiger charge is 2.32. The molecule has 0 fully saturated rings. The summed E-state index contributed by atoms with van der Waals surface area (Å²) in [6, 6.07) is 17.2. The summed E-state index contributed by atoms with van der Waals surface area (Å²) in [5.41, 5.74) is 1.59. The zero-order chi connectivity index (χ0) is 33.3. The van der Waals surface area contributed by atoms with Crippen molar-refractivity contribution in [2.45, 2.75) is 68.9 Å². The van der Waals surface area contributed by atoms with Crippen LogP contribution in [0.3, 0.4) is 0 Å². The van der Waals surface area contributed by atoms with Crippen LogP contribution in [-0.2, 0) is 26.0 Å². The minimum atomic E-state index is -3.71. The lowest BCUT2D eigenvalue weighted by atomic mass is 10.0. The number of thiophene rings is 1. The minimum Gasteiger partial charge on any atom is -0.490 e. The molecule has 2 N–H and O–H groups in total. The van der Waals surface area contributed by atoms with E-state index in [-0.39, 0.29) is 59.7 Å². The third-order valence-corrected chi connectivity index (χ3v) is 11.3. The summed E-state index contributed by atoms with van der Waals surface area (Å²) in [5, 5.41) is 14.8. The molecule has 0 aliphatic carbocycles. The third-order valence-electron chi connectivity index (χ3n) is 8.14. The number of likely N-dealkylation sites (N-methyl/N-ethyl adjacent to an activating group) is 1. The van der Waals surface area contributed by atoms with Crippen molar-refractivity contribution in [3.05, 3.63) is 77.2 Å². The van der Waals surface area contributed by atoms with Gasteiger partial charge in [-0.15, -0.1) is 11.3 Å². The quantitative estimate of drug-likeness (QED) is 0.326. The average Bonchev–Trinajstić information content (AvgIpc) is 3.59. The van der Waals surface area contributed by atoms with E-state index in [9.17, 15) is 23.1 Å². The number of anilines is 1. The highest BCUT2D eigenvalue weighted by Crippen LogP contribution is 2.29. The normalized spacial score (nSPS) is 20.8. The topological polar surface area (TPSA) is 125 Å². The van der Waals surface area contributed by atoms with Crippen molar-refractivity contribution in [1.29, 1.82) is 0 Å². The van der Waals surface area contributed by atoms with E-state index in [1.54, 1.807) is 54.6 Å². The third kappa shape index (κ3) is 9.38. The van der Waals surface area contributed by atoms with Crippen LogP contribution in [0, 0.1) is 5.92 Å². The Labute approximate surface area is 276 Å². The van der Waals surface area contributed by atoms with Gasteiger partial charge in [-0.2, -0.15) is 4.31 Å². The fourth-order valence-electron chi connectivity index (χ4n) is 5.36. The van der Waals surface area contributed by atoms with Gasteiger partial charge >= 0.3 is 0 Å². The first-order chi connectivity index (χ1) is 22.0. The van der Waals surface area contributed by atoms with Crippen LogP contribution in [0.5, 0.6) is 5.75 Å². The van der Waals surface area contributed by atoms with Crippen LogP contribution < -0.4 is 10.1 Å². The summed E-state index contributed by atoms with van der Waals surface area (Å²) in [6.45, 7) is 6.07. The number of hydrogen-bond acceptors (Lipinski definition) is 8. The Bertz CT molecular complexity index is 1530. The molecule has 4 rings (SSSR count). The van der Waals surface area contributed by atoms with E-state index in [4.69, 9.17) is 9.47 Å². The molecule has 1 aliphatic rings. The summed E-state index contributed by atoms with van der Waals surface area (Å²) in [7, 11) is -2.17. The number of nitrogens with one attached hydrogen (secondary N) is 1. The number of nitrogens with zero attached hydrogens (tertiary/aromatic N) is 2. The zero-order valence-electron chi connectivity index (χ0n) is 26.9. The lowest BCUT2D eigenvalue weighted by molar-refractivity contribution is -0.115. The number of amides is 2. The van der Waals surface area contributed by atoms with Crippen LogP contribution in [0.4, 0.5) is 5.69 Å². The predicted molar refractivity (Wildman–Crippen MR) is 180 cm³/mol. The maximum atomic E-state index is 14.3. The first-order valence-corrected chi connectivity index (χ1v) is 18.0. The first kappa shape index (κ1) is 35.6. The molecule has 250 valence electrons. The molecule has 1 aliphatic heterocycles. The van der Waals surface area contributed by atoms with Crippen LogP contribution in [0.1, 0.15) is 56.0 Å². The number of aliphatic hydroxyl groups is 1. The van der Waals surface area contributed by atoms with Crippen molar-refractivity contribution >= 4 is 38.9 Å². The van der Waals surface area contributed by atoms with Gasteiger partial charge in [0.2, 0.25) is 5.91 Å². The summed E-state index contributed by atoms with van der Waals surface area (Å²) in [6.07, 6.45) is 1.76. The van der Waals surface area contributed by atoms with Crippen molar-refractivity contribution < 1.29 is 32.6 Å². The molecule has 0 spiro atoms. The van der Waals surface area contributed by atoms with E-state index in [1.165, 1.54) is 4.31 Å². The SMILES string of the molecule is C[C@@H]1CCCCO[C@@H](CN(C)S(=O)(=O)c2cccs2)[C@H](C)CN([C@H](C)CO)C(=O)c2cc(NC(=O)Cc3ccccc3)ccc2O1. The van der Waals surface area contributed by atoms with Crippen LogP contribution >= 0.6 is 11.3 Å². The number of aliphatic hydroxyl groups excluding tert-OH is 1. The van der Waals surface area contributed by atoms with Gasteiger partial charge < -0.3 is 24.8 Å². The van der Waals surface area contributed by atoms with Gasteiger partial charge in [-0.25, -0.2) is 8.42 Å². The molecule has 2 heterocycles. The standard InChI is InChI=1S/C34H45N3O7S2/c1-24-21-37(25(2)23-38)34(40)29-20-28(35-32(39)19-27-12-6-5-7-13-27)15-16-30(29)44-26(3)11-8-9-17-43-31(24)22-36(4)46(41,42)33-14-10-18-45-33/h5-7,10,12-16,18,20,24-26,31,38H,8-9,11,17,19,21-23H2,1-4H3,(H,35,39)/t24-,25-,26-,31+/m1/s1. The van der Waals surface area contributed by atoms with Gasteiger partial charge in [-0.1, -0.05) is 43.3 Å². The molecule has 12 heteroatoms. The molecule has 4 atom stereocenters. The molecular formula is C34H45N3O7S2. The van der Waals surface area contributed by atoms with E-state index in [1.807, 2.05) is 44.2 Å². The lowest BCUT2D eigenvalue weighted by Crippen LogP contribution is -2.48. The second-order valence-corrected chi connectivity index (χ2v) is 15.2. The Morgan fingerprint density at radius 3 is 2.59 bits per heavy atom. The van der Waals surface area contributed by atoms with Crippen molar-refractivity contribution in [2.24, 2.45) is 5.92 Å². The summed E-state index contributed by atoms with van der Waals surface area (Å²) in [5.74, 6) is -0.485. The van der Waals surface area contributed by atoms with Crippen molar-refractivity contribution in [1.82, 2.24) is 9.21 Å². The van der Waals surface area contributed by atoms with Crippen molar-refractivity contribution in [3.63, 3.8) is 0 Å². The van der Waals surface area contributed by atoms with Crippen LogP contribution in [0.25, 0.3) is 0 Å². The fraction of sp³-hybridized carbons (Fsp3) is 0.471. The molecule has 0 saturated carbocycles. The Hall–Kier alpha value is -3.29. The number of fused-ring (bicyclic) bond motifs is 1. The minimum absolute atomic E-state index is 0.102. The van der Waals surface area contributed by atoms with Gasteiger partial charge in [0.25, 0.3) is 15.9 Å². The van der Waals surface area contributed by atoms with Crippen molar-refractivity contribution in [3.8, 4) is 5.75 Å². The summed E-state index contributed by atoms with van der Waals surface area (Å²) < 4.78 is 40.6. The fourth-order valence-corrected chi connectivity index (χ4v) is 7.75. The van der Waals surface area contributed by atoms with Crippen LogP contribution in [0.15, 0.2) is 70.3 Å². The largest absolute Gasteiger partial charge is 0.490 e. The number of sulfonamides is 1. The average molecular weight is 672 g/mol. The van der Waals surface area contributed by atoms with Gasteiger partial charge in [0, 0.05) is 38.3 Å². The van der Waals surface area contributed by atoms with Gasteiger partial charge in [0.15, 0.2) is 0 Å². The Morgan fingerprint density at radius 2 is 1.89 bits per heavy atom. The molecule has 0 unspecified atom stereocenters. The number of carbonyl (C=O) groups excluding carboxylic acids is 2. The van der Waals surface area contributed by atoms with Crippen LogP contribution in [-0.4, -0.2) is 86.1 Å². The Morgan fingerprint density at radius 1 is 1.13 bits per heavy atom. The molecule has 1 aromatic heterocycles. The van der Waals surface area contributed by atoms with Gasteiger partial charge in [0.05, 0.1) is 36.8 Å². The van der Waals surface area contributed by atoms with Gasteiger partial charge in [-0.3, -0.25) is 9.59 Å². The smallest absolute Gasteiger partial charge is 0.258 e. The van der Waals surface area contributed by atoms with E-state index in [0.717, 1.165) is 36.2 Å². The van der Waals surface area contributed by atoms with Crippen molar-refractivity contribution in [2.75, 3.05) is 38.7 Å². The molecule has 2 aromatic carbocycles. The second kappa shape index (κ2) is 16.5. The lowest BCUT2D eigenvalue weighted by Gasteiger charge is -2.35. The molecule has 3 aromatic rings. The molecule has 0 bridgehead atoms. The maximum Gasteiger partial charge on any atom is 0.258 e. The van der Waals surface area contributed by atoms with E-state index >= 15 is 0 Å². The summed E-state index contributed by atoms with van der Waals surface area (Å²) in [4.78, 5) is 28.7. The Balaban J connectivity index is 1.62. The number of rotatable bonds is 9.